The van der Waals surface area contributed by atoms with Crippen LogP contribution in [0.3, 0.4) is 0 Å². The van der Waals surface area contributed by atoms with Crippen LogP contribution in [0.25, 0.3) is 0 Å². The van der Waals surface area contributed by atoms with E-state index in [1.165, 1.54) is 31.7 Å². The van der Waals surface area contributed by atoms with Crippen LogP contribution in [0.1, 0.15) is 41.9 Å². The first-order valence-electron chi connectivity index (χ1n) is 6.76. The third-order valence-electron chi connectivity index (χ3n) is 3.67. The standard InChI is InChI=1S/C13H21N3O3/c1-16(10-4-2-3-5-10)7-6-14-9-11-8-12(13(17)18)15-19-11/h8,10,14H,2-7,9H2,1H3,(H,17,18). The molecule has 0 aliphatic heterocycles. The second-order valence-electron chi connectivity index (χ2n) is 5.08. The van der Waals surface area contributed by atoms with Crippen molar-refractivity contribution in [1.29, 1.82) is 0 Å². The first-order chi connectivity index (χ1) is 9.16. The average Bonchev–Trinajstić information content (AvgIpc) is 3.05. The molecule has 106 valence electrons. The van der Waals surface area contributed by atoms with Gasteiger partial charge in [-0.2, -0.15) is 0 Å². The molecule has 0 bridgehead atoms. The number of hydrogen-bond donors (Lipinski definition) is 2. The highest BCUT2D eigenvalue weighted by atomic mass is 16.5. The van der Waals surface area contributed by atoms with Crippen LogP contribution in [0.2, 0.25) is 0 Å². The predicted octanol–water partition coefficient (Wildman–Crippen LogP) is 1.34. The Morgan fingerprint density at radius 3 is 2.95 bits per heavy atom. The van der Waals surface area contributed by atoms with Crippen molar-refractivity contribution >= 4 is 5.97 Å². The van der Waals surface area contributed by atoms with E-state index in [1.54, 1.807) is 0 Å². The predicted molar refractivity (Wildman–Crippen MR) is 70.1 cm³/mol. The van der Waals surface area contributed by atoms with Crippen LogP contribution in [0, 0.1) is 0 Å². The molecule has 1 aliphatic rings. The van der Waals surface area contributed by atoms with Crippen molar-refractivity contribution in [3.63, 3.8) is 0 Å². The minimum Gasteiger partial charge on any atom is -0.476 e. The summed E-state index contributed by atoms with van der Waals surface area (Å²) >= 11 is 0. The Balaban J connectivity index is 1.64. The molecule has 0 saturated heterocycles. The second-order valence-corrected chi connectivity index (χ2v) is 5.08. The van der Waals surface area contributed by atoms with E-state index in [9.17, 15) is 4.79 Å². The van der Waals surface area contributed by atoms with Gasteiger partial charge in [-0.05, 0) is 19.9 Å². The van der Waals surface area contributed by atoms with E-state index in [0.717, 1.165) is 19.1 Å². The zero-order chi connectivity index (χ0) is 13.7. The Morgan fingerprint density at radius 2 is 2.32 bits per heavy atom. The molecule has 1 aromatic rings. The van der Waals surface area contributed by atoms with Gasteiger partial charge >= 0.3 is 5.97 Å². The molecule has 2 rings (SSSR count). The van der Waals surface area contributed by atoms with Gasteiger partial charge in [0.25, 0.3) is 0 Å². The number of hydrogen-bond acceptors (Lipinski definition) is 5. The van der Waals surface area contributed by atoms with Gasteiger partial charge in [0, 0.05) is 25.2 Å². The lowest BCUT2D eigenvalue weighted by Gasteiger charge is -2.23. The smallest absolute Gasteiger partial charge is 0.358 e. The molecule has 0 aromatic carbocycles. The summed E-state index contributed by atoms with van der Waals surface area (Å²) in [6.07, 6.45) is 5.30. The van der Waals surface area contributed by atoms with E-state index < -0.39 is 5.97 Å². The number of nitrogens with zero attached hydrogens (tertiary/aromatic N) is 2. The normalized spacial score (nSPS) is 16.3. The van der Waals surface area contributed by atoms with Crippen molar-refractivity contribution in [3.8, 4) is 0 Å². The largest absolute Gasteiger partial charge is 0.476 e. The van der Waals surface area contributed by atoms with E-state index >= 15 is 0 Å². The topological polar surface area (TPSA) is 78.6 Å². The van der Waals surface area contributed by atoms with E-state index in [1.807, 2.05) is 0 Å². The van der Waals surface area contributed by atoms with Gasteiger partial charge in [0.15, 0.2) is 11.5 Å². The first kappa shape index (κ1) is 14.0. The van der Waals surface area contributed by atoms with Crippen LogP contribution in [0.5, 0.6) is 0 Å². The van der Waals surface area contributed by atoms with Gasteiger partial charge in [-0.3, -0.25) is 0 Å². The number of nitrogens with one attached hydrogen (secondary N) is 1. The molecule has 2 N–H and O–H groups in total. The maximum Gasteiger partial charge on any atom is 0.358 e. The molecule has 1 aromatic heterocycles. The summed E-state index contributed by atoms with van der Waals surface area (Å²) in [4.78, 5) is 13.0. The van der Waals surface area contributed by atoms with Crippen molar-refractivity contribution in [2.24, 2.45) is 0 Å². The summed E-state index contributed by atoms with van der Waals surface area (Å²) in [5.41, 5.74) is -0.0418. The van der Waals surface area contributed by atoms with Crippen LogP contribution >= 0.6 is 0 Å². The fourth-order valence-corrected chi connectivity index (χ4v) is 2.49. The Bertz CT molecular complexity index is 413. The number of carbonyl (C=O) groups is 1. The van der Waals surface area contributed by atoms with Gasteiger partial charge in [-0.25, -0.2) is 4.79 Å². The quantitative estimate of drug-likeness (QED) is 0.726. The second kappa shape index (κ2) is 6.68. The van der Waals surface area contributed by atoms with Gasteiger partial charge in [0.2, 0.25) is 0 Å². The van der Waals surface area contributed by atoms with Crippen LogP contribution < -0.4 is 5.32 Å². The van der Waals surface area contributed by atoms with Crippen LogP contribution in [0.4, 0.5) is 0 Å². The number of aromatic nitrogens is 1. The Hall–Kier alpha value is -1.40. The highest BCUT2D eigenvalue weighted by Gasteiger charge is 2.18. The van der Waals surface area contributed by atoms with Crippen LogP contribution in [0.15, 0.2) is 10.6 Å². The summed E-state index contributed by atoms with van der Waals surface area (Å²) in [6.45, 7) is 2.36. The molecule has 6 heteroatoms. The molecule has 6 nitrogen and oxygen atoms in total. The molecular weight excluding hydrogens is 246 g/mol. The minimum absolute atomic E-state index is 0.0418. The summed E-state index contributed by atoms with van der Waals surface area (Å²) in [6, 6.07) is 2.18. The van der Waals surface area contributed by atoms with Gasteiger partial charge < -0.3 is 19.8 Å². The number of carboxylic acids is 1. The van der Waals surface area contributed by atoms with E-state index in [2.05, 4.69) is 22.4 Å². The summed E-state index contributed by atoms with van der Waals surface area (Å²) in [5.74, 6) is -0.503. The van der Waals surface area contributed by atoms with Crippen LogP contribution in [-0.4, -0.2) is 47.3 Å². The van der Waals surface area contributed by atoms with Crippen LogP contribution in [-0.2, 0) is 6.54 Å². The monoisotopic (exact) mass is 267 g/mol. The third kappa shape index (κ3) is 4.04. The van der Waals surface area contributed by atoms with Gasteiger partial charge in [0.1, 0.15) is 0 Å². The number of rotatable bonds is 7. The fraction of sp³-hybridized carbons (Fsp3) is 0.692. The lowest BCUT2D eigenvalue weighted by atomic mass is 10.2. The first-order valence-corrected chi connectivity index (χ1v) is 6.76. The zero-order valence-electron chi connectivity index (χ0n) is 11.3. The maximum atomic E-state index is 10.6. The lowest BCUT2D eigenvalue weighted by Crippen LogP contribution is -2.35. The van der Waals surface area contributed by atoms with Crippen molar-refractivity contribution < 1.29 is 14.4 Å². The molecule has 0 spiro atoms. The van der Waals surface area contributed by atoms with E-state index in [-0.39, 0.29) is 5.69 Å². The molecular formula is C13H21N3O3. The van der Waals surface area contributed by atoms with Gasteiger partial charge in [-0.15, -0.1) is 0 Å². The summed E-state index contributed by atoms with van der Waals surface area (Å²) < 4.78 is 4.93. The van der Waals surface area contributed by atoms with E-state index in [4.69, 9.17) is 9.63 Å². The fourth-order valence-electron chi connectivity index (χ4n) is 2.49. The molecule has 19 heavy (non-hydrogen) atoms. The lowest BCUT2D eigenvalue weighted by molar-refractivity contribution is 0.0685. The SMILES string of the molecule is CN(CCNCc1cc(C(=O)O)no1)C1CCCC1. The summed E-state index contributed by atoms with van der Waals surface area (Å²) in [5, 5.41) is 15.4. The molecule has 0 atom stereocenters. The van der Waals surface area contributed by atoms with Crippen molar-refractivity contribution in [3.05, 3.63) is 17.5 Å². The summed E-state index contributed by atoms with van der Waals surface area (Å²) in [7, 11) is 2.16. The molecule has 0 amide bonds. The third-order valence-corrected chi connectivity index (χ3v) is 3.67. The molecule has 1 heterocycles. The average molecular weight is 267 g/mol. The molecule has 1 aliphatic carbocycles. The van der Waals surface area contributed by atoms with Gasteiger partial charge in [0.05, 0.1) is 6.54 Å². The Morgan fingerprint density at radius 1 is 1.58 bits per heavy atom. The Labute approximate surface area is 112 Å². The van der Waals surface area contributed by atoms with E-state index in [0.29, 0.717) is 12.3 Å². The van der Waals surface area contributed by atoms with Crippen molar-refractivity contribution in [2.75, 3.05) is 20.1 Å². The molecule has 0 radical (unpaired) electrons. The maximum absolute atomic E-state index is 10.6. The van der Waals surface area contributed by atoms with Crippen molar-refractivity contribution in [1.82, 2.24) is 15.4 Å². The molecule has 1 saturated carbocycles. The molecule has 0 unspecified atom stereocenters. The minimum atomic E-state index is -1.06. The van der Waals surface area contributed by atoms with Gasteiger partial charge in [-0.1, -0.05) is 18.0 Å². The number of likely N-dealkylation sites (N-methyl/N-ethyl adjacent to an activating group) is 1. The zero-order valence-corrected chi connectivity index (χ0v) is 11.3. The highest BCUT2D eigenvalue weighted by molar-refractivity contribution is 5.85. The van der Waals surface area contributed by atoms with Crippen molar-refractivity contribution in [2.45, 2.75) is 38.3 Å². The number of aromatic carboxylic acids is 1. The molecule has 1 fully saturated rings. The number of carboxylic acid groups (broad SMARTS) is 1. The highest BCUT2D eigenvalue weighted by Crippen LogP contribution is 2.21. The Kier molecular flexibility index (Phi) is 4.93.